The van der Waals surface area contributed by atoms with Crippen molar-refractivity contribution in [1.29, 1.82) is 5.26 Å². The first-order valence-electron chi connectivity index (χ1n) is 10.6. The predicted octanol–water partition coefficient (Wildman–Crippen LogP) is 5.18. The molecule has 5 rings (SSSR count). The molecular weight excluding hydrogens is 477 g/mol. The number of piperazine rings is 1. The van der Waals surface area contributed by atoms with Crippen LogP contribution in [-0.4, -0.2) is 36.3 Å². The van der Waals surface area contributed by atoms with Crippen molar-refractivity contribution in [1.82, 2.24) is 15.5 Å². The Morgan fingerprint density at radius 2 is 1.91 bits per heavy atom. The summed E-state index contributed by atoms with van der Waals surface area (Å²) in [5.74, 6) is 2.18. The number of nitrogens with zero attached hydrogens (tertiary/aromatic N) is 4. The maximum atomic E-state index is 9.14. The summed E-state index contributed by atoms with van der Waals surface area (Å²) in [4.78, 5) is 6.82. The number of hydrogen-bond acceptors (Lipinski definition) is 8. The fourth-order valence-electron chi connectivity index (χ4n) is 3.66. The minimum absolute atomic E-state index is 0.179. The summed E-state index contributed by atoms with van der Waals surface area (Å²) >= 11 is 12.4. The van der Waals surface area contributed by atoms with Crippen molar-refractivity contribution < 1.29 is 14.0 Å². The summed E-state index contributed by atoms with van der Waals surface area (Å²) in [6.45, 7) is 3.84. The van der Waals surface area contributed by atoms with Crippen LogP contribution in [-0.2, 0) is 6.61 Å². The number of nitriles is 1. The third kappa shape index (κ3) is 4.87. The maximum Gasteiger partial charge on any atom is 0.260 e. The molecule has 10 heteroatoms. The first-order chi connectivity index (χ1) is 16.6. The monoisotopic (exact) mass is 495 g/mol. The summed E-state index contributed by atoms with van der Waals surface area (Å²) in [7, 11) is 0. The number of aromatic nitrogens is 2. The number of anilines is 1. The Hall–Kier alpha value is -3.51. The van der Waals surface area contributed by atoms with E-state index in [1.807, 2.05) is 18.2 Å². The lowest BCUT2D eigenvalue weighted by Crippen LogP contribution is -2.43. The fraction of sp³-hybridized carbons (Fsp3) is 0.208. The van der Waals surface area contributed by atoms with E-state index in [4.69, 9.17) is 42.5 Å². The average Bonchev–Trinajstić information content (AvgIpc) is 3.27. The largest absolute Gasteiger partial charge is 0.487 e. The normalized spacial score (nSPS) is 13.6. The highest BCUT2D eigenvalue weighted by molar-refractivity contribution is 6.32. The lowest BCUT2D eigenvalue weighted by Gasteiger charge is -2.28. The van der Waals surface area contributed by atoms with Gasteiger partial charge < -0.3 is 24.2 Å². The first-order valence-corrected chi connectivity index (χ1v) is 11.4. The number of rotatable bonds is 6. The van der Waals surface area contributed by atoms with Crippen molar-refractivity contribution in [3.05, 3.63) is 69.8 Å². The van der Waals surface area contributed by atoms with E-state index in [9.17, 15) is 0 Å². The van der Waals surface area contributed by atoms with Gasteiger partial charge in [0.2, 0.25) is 0 Å². The predicted molar refractivity (Wildman–Crippen MR) is 129 cm³/mol. The molecule has 0 aliphatic carbocycles. The molecule has 0 saturated carbocycles. The zero-order chi connectivity index (χ0) is 23.5. The van der Waals surface area contributed by atoms with Gasteiger partial charge in [-0.1, -0.05) is 28.4 Å². The van der Waals surface area contributed by atoms with Crippen LogP contribution in [0, 0.1) is 11.3 Å². The van der Waals surface area contributed by atoms with Crippen LogP contribution in [0.1, 0.15) is 11.3 Å². The van der Waals surface area contributed by atoms with Gasteiger partial charge in [0.15, 0.2) is 0 Å². The number of halogens is 2. The highest BCUT2D eigenvalue weighted by atomic mass is 35.5. The summed E-state index contributed by atoms with van der Waals surface area (Å²) in [6.07, 6.45) is 0. The van der Waals surface area contributed by atoms with Crippen LogP contribution in [0.15, 0.2) is 53.1 Å². The average molecular weight is 496 g/mol. The summed E-state index contributed by atoms with van der Waals surface area (Å²) in [5.41, 5.74) is 1.50. The van der Waals surface area contributed by atoms with Gasteiger partial charge in [0.1, 0.15) is 35.4 Å². The summed E-state index contributed by atoms with van der Waals surface area (Å²) < 4.78 is 17.2. The standard InChI is InChI=1S/C24H19Cl2N5O3/c25-16-9-15(13-27)10-18(11-16)33-22-12-17(1-3-20(22)26)32-14-21-19-2-4-23(29-24(19)34-30-21)31-7-5-28-6-8-31/h1-4,9-12,28H,5-8,14H2. The minimum atomic E-state index is 0.179. The molecule has 34 heavy (non-hydrogen) atoms. The molecule has 0 spiro atoms. The van der Waals surface area contributed by atoms with Crippen molar-refractivity contribution in [3.8, 4) is 23.3 Å². The molecule has 1 saturated heterocycles. The number of benzene rings is 2. The third-order valence-corrected chi connectivity index (χ3v) is 5.88. The number of nitrogens with one attached hydrogen (secondary N) is 1. The van der Waals surface area contributed by atoms with Crippen molar-refractivity contribution >= 4 is 40.1 Å². The maximum absolute atomic E-state index is 9.14. The molecule has 0 radical (unpaired) electrons. The van der Waals surface area contributed by atoms with Gasteiger partial charge >= 0.3 is 0 Å². The van der Waals surface area contributed by atoms with Gasteiger partial charge in [0.25, 0.3) is 5.71 Å². The van der Waals surface area contributed by atoms with Crippen LogP contribution in [0.2, 0.25) is 10.0 Å². The van der Waals surface area contributed by atoms with Gasteiger partial charge in [-0.2, -0.15) is 10.2 Å². The topological polar surface area (TPSA) is 96.4 Å². The SMILES string of the molecule is N#Cc1cc(Cl)cc(Oc2cc(OCc3noc4nc(N5CCNCC5)ccc34)ccc2Cl)c1. The number of hydrogen-bond donors (Lipinski definition) is 1. The quantitative estimate of drug-likeness (QED) is 0.390. The van der Waals surface area contributed by atoms with Crippen molar-refractivity contribution in [2.45, 2.75) is 6.61 Å². The van der Waals surface area contributed by atoms with Gasteiger partial charge in [-0.15, -0.1) is 0 Å². The lowest BCUT2D eigenvalue weighted by molar-refractivity contribution is 0.290. The minimum Gasteiger partial charge on any atom is -0.487 e. The highest BCUT2D eigenvalue weighted by Crippen LogP contribution is 2.34. The van der Waals surface area contributed by atoms with Crippen molar-refractivity contribution in [2.24, 2.45) is 0 Å². The van der Waals surface area contributed by atoms with Gasteiger partial charge in [0, 0.05) is 37.3 Å². The molecular formula is C24H19Cl2N5O3. The molecule has 172 valence electrons. The Labute approximate surface area is 205 Å². The molecule has 2 aromatic carbocycles. The van der Waals surface area contributed by atoms with E-state index < -0.39 is 0 Å². The zero-order valence-corrected chi connectivity index (χ0v) is 19.4. The number of fused-ring (bicyclic) bond motifs is 1. The molecule has 2 aromatic heterocycles. The number of pyridine rings is 1. The van der Waals surface area contributed by atoms with Crippen LogP contribution in [0.3, 0.4) is 0 Å². The zero-order valence-electron chi connectivity index (χ0n) is 17.9. The van der Waals surface area contributed by atoms with Crippen LogP contribution < -0.4 is 19.7 Å². The molecule has 0 amide bonds. The van der Waals surface area contributed by atoms with E-state index >= 15 is 0 Å². The van der Waals surface area contributed by atoms with E-state index in [2.05, 4.69) is 20.4 Å². The Morgan fingerprint density at radius 1 is 1.06 bits per heavy atom. The van der Waals surface area contributed by atoms with E-state index in [1.165, 1.54) is 0 Å². The van der Waals surface area contributed by atoms with Crippen LogP contribution >= 0.6 is 23.2 Å². The highest BCUT2D eigenvalue weighted by Gasteiger charge is 2.16. The lowest BCUT2D eigenvalue weighted by atomic mass is 10.2. The van der Waals surface area contributed by atoms with E-state index in [-0.39, 0.29) is 6.61 Å². The van der Waals surface area contributed by atoms with Gasteiger partial charge in [-0.05, 0) is 42.5 Å². The molecule has 1 aliphatic heterocycles. The molecule has 8 nitrogen and oxygen atoms in total. The third-order valence-electron chi connectivity index (χ3n) is 5.35. The Bertz CT molecular complexity index is 1380. The van der Waals surface area contributed by atoms with Crippen LogP contribution in [0.25, 0.3) is 11.1 Å². The summed E-state index contributed by atoms with van der Waals surface area (Å²) in [6, 6.07) is 15.8. The van der Waals surface area contributed by atoms with Gasteiger partial charge in [0.05, 0.1) is 22.0 Å². The molecule has 0 bridgehead atoms. The van der Waals surface area contributed by atoms with E-state index in [0.717, 1.165) is 37.4 Å². The second-order valence-electron chi connectivity index (χ2n) is 7.66. The second-order valence-corrected chi connectivity index (χ2v) is 8.50. The smallest absolute Gasteiger partial charge is 0.260 e. The Balaban J connectivity index is 1.30. The molecule has 0 atom stereocenters. The van der Waals surface area contributed by atoms with Crippen molar-refractivity contribution in [3.63, 3.8) is 0 Å². The van der Waals surface area contributed by atoms with Crippen molar-refractivity contribution in [2.75, 3.05) is 31.1 Å². The van der Waals surface area contributed by atoms with E-state index in [0.29, 0.717) is 44.3 Å². The molecule has 1 aliphatic rings. The molecule has 3 heterocycles. The Morgan fingerprint density at radius 3 is 2.74 bits per heavy atom. The number of ether oxygens (including phenoxy) is 2. The van der Waals surface area contributed by atoms with Gasteiger partial charge in [-0.3, -0.25) is 0 Å². The molecule has 1 N–H and O–H groups in total. The van der Waals surface area contributed by atoms with Gasteiger partial charge in [-0.25, -0.2) is 0 Å². The first kappa shape index (κ1) is 22.3. The second kappa shape index (κ2) is 9.77. The van der Waals surface area contributed by atoms with E-state index in [1.54, 1.807) is 36.4 Å². The molecule has 0 unspecified atom stereocenters. The van der Waals surface area contributed by atoms with Crippen LogP contribution in [0.4, 0.5) is 5.82 Å². The molecule has 1 fully saturated rings. The fourth-order valence-corrected chi connectivity index (χ4v) is 4.04. The Kier molecular flexibility index (Phi) is 6.41. The molecule has 4 aromatic rings. The summed E-state index contributed by atoms with van der Waals surface area (Å²) in [5, 5.41) is 18.2. The van der Waals surface area contributed by atoms with Crippen LogP contribution in [0.5, 0.6) is 17.2 Å².